The third-order valence-electron chi connectivity index (χ3n) is 3.71. The maximum Gasteiger partial charge on any atom is 0.354 e. The fraction of sp³-hybridized carbons (Fsp3) is 0.100. The lowest BCUT2D eigenvalue weighted by Crippen LogP contribution is -2.08. The number of hydrogen-bond donors (Lipinski definition) is 0. The molecule has 5 heteroatoms. The van der Waals surface area contributed by atoms with E-state index in [2.05, 4.69) is 0 Å². The number of benzene rings is 2. The molecule has 0 saturated carbocycles. The van der Waals surface area contributed by atoms with E-state index in [4.69, 9.17) is 14.7 Å². The fourth-order valence-corrected chi connectivity index (χ4v) is 3.19. The van der Waals surface area contributed by atoms with Gasteiger partial charge in [0.1, 0.15) is 4.88 Å². The second-order valence-corrected chi connectivity index (χ2v) is 6.31. The Hall–Kier alpha value is -3.10. The zero-order valence-corrected chi connectivity index (χ0v) is 14.6. The molecule has 0 fully saturated rings. The van der Waals surface area contributed by atoms with Gasteiger partial charge in [-0.25, -0.2) is 4.79 Å². The van der Waals surface area contributed by atoms with Crippen LogP contribution in [0.5, 0.6) is 11.5 Å². The van der Waals surface area contributed by atoms with Crippen LogP contribution in [0.2, 0.25) is 0 Å². The number of nitriles is 1. The van der Waals surface area contributed by atoms with Gasteiger partial charge in [-0.05, 0) is 36.1 Å². The summed E-state index contributed by atoms with van der Waals surface area (Å²) in [6.07, 6.45) is 0. The van der Waals surface area contributed by atoms with Crippen LogP contribution in [-0.4, -0.2) is 13.1 Å². The highest BCUT2D eigenvalue weighted by molar-refractivity contribution is 7.12. The minimum atomic E-state index is -0.450. The normalized spacial score (nSPS) is 10.1. The van der Waals surface area contributed by atoms with Crippen LogP contribution in [-0.2, 0) is 0 Å². The number of methoxy groups -OCH3 is 1. The van der Waals surface area contributed by atoms with E-state index in [9.17, 15) is 4.79 Å². The highest BCUT2D eigenvalue weighted by atomic mass is 32.1. The lowest BCUT2D eigenvalue weighted by molar-refractivity contribution is 0.0735. The molecule has 124 valence electrons. The molecule has 0 saturated heterocycles. The van der Waals surface area contributed by atoms with E-state index in [-0.39, 0.29) is 5.75 Å². The summed E-state index contributed by atoms with van der Waals surface area (Å²) < 4.78 is 10.7. The molecule has 0 amide bonds. The Morgan fingerprint density at radius 2 is 1.84 bits per heavy atom. The Morgan fingerprint density at radius 1 is 1.08 bits per heavy atom. The summed E-state index contributed by atoms with van der Waals surface area (Å²) in [5.74, 6) is 0.184. The van der Waals surface area contributed by atoms with E-state index in [1.807, 2.05) is 48.7 Å². The highest BCUT2D eigenvalue weighted by Gasteiger charge is 2.18. The summed E-state index contributed by atoms with van der Waals surface area (Å²) in [5.41, 5.74) is 3.40. The van der Waals surface area contributed by atoms with Crippen molar-refractivity contribution in [2.24, 2.45) is 0 Å². The molecule has 1 heterocycles. The van der Waals surface area contributed by atoms with Crippen LogP contribution in [0, 0.1) is 18.3 Å². The van der Waals surface area contributed by atoms with Gasteiger partial charge in [-0.15, -0.1) is 11.3 Å². The molecule has 0 aliphatic heterocycles. The Balaban J connectivity index is 1.90. The van der Waals surface area contributed by atoms with Crippen LogP contribution < -0.4 is 9.47 Å². The van der Waals surface area contributed by atoms with Gasteiger partial charge < -0.3 is 9.47 Å². The molecule has 2 aromatic carbocycles. The number of rotatable bonds is 4. The van der Waals surface area contributed by atoms with Crippen LogP contribution >= 0.6 is 11.3 Å². The number of ether oxygens (including phenoxy) is 2. The lowest BCUT2D eigenvalue weighted by atomic mass is 10.1. The Bertz CT molecular complexity index is 952. The first-order chi connectivity index (χ1) is 12.1. The molecule has 25 heavy (non-hydrogen) atoms. The smallest absolute Gasteiger partial charge is 0.354 e. The average molecular weight is 349 g/mol. The molecular formula is C20H15NO3S. The molecule has 0 aliphatic rings. The van der Waals surface area contributed by atoms with Gasteiger partial charge in [0.05, 0.1) is 18.7 Å². The first-order valence-corrected chi connectivity index (χ1v) is 8.45. The largest absolute Gasteiger partial charge is 0.493 e. The SMILES string of the molecule is COc1cc(C#N)ccc1OC(=O)c1sccc1-c1ccc(C)cc1. The number of nitrogens with zero attached hydrogens (tertiary/aromatic N) is 1. The summed E-state index contributed by atoms with van der Waals surface area (Å²) in [5, 5.41) is 10.8. The van der Waals surface area contributed by atoms with Crippen LogP contribution in [0.1, 0.15) is 20.8 Å². The van der Waals surface area contributed by atoms with E-state index in [0.29, 0.717) is 16.2 Å². The van der Waals surface area contributed by atoms with Crippen molar-refractivity contribution in [1.82, 2.24) is 0 Å². The monoisotopic (exact) mass is 349 g/mol. The molecule has 1 aromatic heterocycles. The molecule has 3 aromatic rings. The molecule has 0 atom stereocenters. The van der Waals surface area contributed by atoms with Crippen molar-refractivity contribution in [2.45, 2.75) is 6.92 Å². The average Bonchev–Trinajstić information content (AvgIpc) is 3.12. The van der Waals surface area contributed by atoms with Gasteiger partial charge >= 0.3 is 5.97 Å². The Kier molecular flexibility index (Phi) is 4.82. The van der Waals surface area contributed by atoms with Crippen molar-refractivity contribution in [3.8, 4) is 28.7 Å². The maximum absolute atomic E-state index is 12.6. The molecule has 0 unspecified atom stereocenters. The number of thiophene rings is 1. The molecular weight excluding hydrogens is 334 g/mol. The summed E-state index contributed by atoms with van der Waals surface area (Å²) in [6.45, 7) is 2.02. The molecule has 0 N–H and O–H groups in total. The molecule has 0 bridgehead atoms. The Morgan fingerprint density at radius 3 is 2.52 bits per heavy atom. The summed E-state index contributed by atoms with van der Waals surface area (Å²) >= 11 is 1.33. The molecule has 3 rings (SSSR count). The van der Waals surface area contributed by atoms with Gasteiger partial charge in [0.2, 0.25) is 0 Å². The van der Waals surface area contributed by atoms with Crippen LogP contribution in [0.15, 0.2) is 53.9 Å². The Labute approximate surface area is 149 Å². The second-order valence-electron chi connectivity index (χ2n) is 5.40. The van der Waals surface area contributed by atoms with Crippen LogP contribution in [0.25, 0.3) is 11.1 Å². The van der Waals surface area contributed by atoms with Crippen molar-refractivity contribution in [3.63, 3.8) is 0 Å². The van der Waals surface area contributed by atoms with Gasteiger partial charge in [-0.1, -0.05) is 29.8 Å². The molecule has 0 spiro atoms. The van der Waals surface area contributed by atoms with Crippen LogP contribution in [0.3, 0.4) is 0 Å². The quantitative estimate of drug-likeness (QED) is 0.500. The predicted octanol–water partition coefficient (Wildman–Crippen LogP) is 4.82. The number of hydrogen-bond acceptors (Lipinski definition) is 5. The van der Waals surface area contributed by atoms with Crippen molar-refractivity contribution in [2.75, 3.05) is 7.11 Å². The van der Waals surface area contributed by atoms with E-state index >= 15 is 0 Å². The lowest BCUT2D eigenvalue weighted by Gasteiger charge is -2.10. The highest BCUT2D eigenvalue weighted by Crippen LogP contribution is 2.32. The number of aryl methyl sites for hydroxylation is 1. The zero-order chi connectivity index (χ0) is 17.8. The second kappa shape index (κ2) is 7.20. The minimum Gasteiger partial charge on any atom is -0.493 e. The maximum atomic E-state index is 12.6. The van der Waals surface area contributed by atoms with E-state index in [1.54, 1.807) is 12.1 Å². The zero-order valence-electron chi connectivity index (χ0n) is 13.8. The molecule has 0 aliphatic carbocycles. The topological polar surface area (TPSA) is 59.3 Å². The molecule has 0 radical (unpaired) electrons. The fourth-order valence-electron chi connectivity index (χ4n) is 2.40. The van der Waals surface area contributed by atoms with E-state index in [0.717, 1.165) is 16.7 Å². The number of carbonyl (C=O) groups excluding carboxylic acids is 1. The van der Waals surface area contributed by atoms with Gasteiger partial charge in [0, 0.05) is 11.6 Å². The third kappa shape index (κ3) is 3.54. The van der Waals surface area contributed by atoms with E-state index in [1.165, 1.54) is 24.5 Å². The first kappa shape index (κ1) is 16.7. The first-order valence-electron chi connectivity index (χ1n) is 7.57. The van der Waals surface area contributed by atoms with Crippen molar-refractivity contribution >= 4 is 17.3 Å². The molecule has 4 nitrogen and oxygen atoms in total. The van der Waals surface area contributed by atoms with E-state index < -0.39 is 5.97 Å². The van der Waals surface area contributed by atoms with Gasteiger partial charge in [0.25, 0.3) is 0 Å². The van der Waals surface area contributed by atoms with Crippen molar-refractivity contribution in [1.29, 1.82) is 5.26 Å². The minimum absolute atomic E-state index is 0.287. The van der Waals surface area contributed by atoms with Crippen molar-refractivity contribution in [3.05, 3.63) is 69.9 Å². The third-order valence-corrected chi connectivity index (χ3v) is 4.60. The van der Waals surface area contributed by atoms with Crippen molar-refractivity contribution < 1.29 is 14.3 Å². The summed E-state index contributed by atoms with van der Waals surface area (Å²) in [4.78, 5) is 13.1. The van der Waals surface area contributed by atoms with Gasteiger partial charge in [-0.3, -0.25) is 0 Å². The standard InChI is InChI=1S/C20H15NO3S/c1-13-3-6-15(7-4-13)16-9-10-25-19(16)20(22)24-17-8-5-14(12-21)11-18(17)23-2/h3-11H,1-2H3. The number of esters is 1. The predicted molar refractivity (Wildman–Crippen MR) is 97.2 cm³/mol. The van der Waals surface area contributed by atoms with Gasteiger partial charge in [0.15, 0.2) is 11.5 Å². The summed E-state index contributed by atoms with van der Waals surface area (Å²) in [7, 11) is 1.47. The van der Waals surface area contributed by atoms with Crippen LogP contribution in [0.4, 0.5) is 0 Å². The summed E-state index contributed by atoms with van der Waals surface area (Å²) in [6, 6.07) is 16.6. The number of carbonyl (C=O) groups is 1. The van der Waals surface area contributed by atoms with Gasteiger partial charge in [-0.2, -0.15) is 5.26 Å².